The van der Waals surface area contributed by atoms with Crippen LogP contribution in [0.1, 0.15) is 30.9 Å². The van der Waals surface area contributed by atoms with Gasteiger partial charge in [-0.1, -0.05) is 67.4 Å². The van der Waals surface area contributed by atoms with E-state index in [0.29, 0.717) is 0 Å². The van der Waals surface area contributed by atoms with Gasteiger partial charge in [-0.15, -0.1) is 0 Å². The van der Waals surface area contributed by atoms with Crippen LogP contribution < -0.4 is 0 Å². The molecular formula is C19H20. The summed E-state index contributed by atoms with van der Waals surface area (Å²) in [7, 11) is 0. The van der Waals surface area contributed by atoms with Crippen LogP contribution in [0.4, 0.5) is 0 Å². The predicted molar refractivity (Wildman–Crippen MR) is 84.8 cm³/mol. The smallest absolute Gasteiger partial charge is 0.0105 e. The van der Waals surface area contributed by atoms with Crippen LogP contribution in [0.25, 0.3) is 21.5 Å². The van der Waals surface area contributed by atoms with E-state index in [1.807, 2.05) is 0 Å². The molecule has 0 aliphatic heterocycles. The second kappa shape index (κ2) is 5.05. The Balaban J connectivity index is 2.15. The lowest BCUT2D eigenvalue weighted by Gasteiger charge is -2.07. The minimum atomic E-state index is 1.19. The first-order valence-corrected chi connectivity index (χ1v) is 7.20. The molecular weight excluding hydrogens is 228 g/mol. The van der Waals surface area contributed by atoms with E-state index in [2.05, 4.69) is 62.4 Å². The van der Waals surface area contributed by atoms with Gasteiger partial charge in [0.05, 0.1) is 0 Å². The highest BCUT2D eigenvalue weighted by atomic mass is 14.1. The molecule has 0 unspecified atom stereocenters. The van der Waals surface area contributed by atoms with Crippen molar-refractivity contribution in [1.29, 1.82) is 0 Å². The maximum absolute atomic E-state index is 2.35. The maximum atomic E-state index is 2.35. The van der Waals surface area contributed by atoms with E-state index in [4.69, 9.17) is 0 Å². The van der Waals surface area contributed by atoms with Crippen molar-refractivity contribution in [3.05, 3.63) is 59.7 Å². The fourth-order valence-electron chi connectivity index (χ4n) is 2.78. The fourth-order valence-corrected chi connectivity index (χ4v) is 2.78. The number of hydrogen-bond acceptors (Lipinski definition) is 0. The first-order chi connectivity index (χ1) is 9.28. The summed E-state index contributed by atoms with van der Waals surface area (Å²) in [4.78, 5) is 0. The van der Waals surface area contributed by atoms with E-state index in [1.165, 1.54) is 51.9 Å². The molecule has 19 heavy (non-hydrogen) atoms. The first-order valence-electron chi connectivity index (χ1n) is 7.20. The van der Waals surface area contributed by atoms with E-state index in [-0.39, 0.29) is 0 Å². The second-order valence-electron chi connectivity index (χ2n) is 5.45. The lowest BCUT2D eigenvalue weighted by atomic mass is 9.97. The summed E-state index contributed by atoms with van der Waals surface area (Å²) in [5.41, 5.74) is 2.78. The van der Waals surface area contributed by atoms with Crippen LogP contribution >= 0.6 is 0 Å². The van der Waals surface area contributed by atoms with Gasteiger partial charge in [0.15, 0.2) is 0 Å². The number of unbranched alkanes of at least 4 members (excludes halogenated alkanes) is 1. The number of aryl methyl sites for hydroxylation is 2. The summed E-state index contributed by atoms with van der Waals surface area (Å²) in [5, 5.41) is 5.45. The van der Waals surface area contributed by atoms with E-state index < -0.39 is 0 Å². The summed E-state index contributed by atoms with van der Waals surface area (Å²) in [6.07, 6.45) is 3.73. The predicted octanol–water partition coefficient (Wildman–Crippen LogP) is 5.64. The Kier molecular flexibility index (Phi) is 3.25. The van der Waals surface area contributed by atoms with Crippen molar-refractivity contribution < 1.29 is 0 Å². The third-order valence-corrected chi connectivity index (χ3v) is 3.87. The summed E-state index contributed by atoms with van der Waals surface area (Å²) in [5.74, 6) is 0. The van der Waals surface area contributed by atoms with Crippen LogP contribution in [0.5, 0.6) is 0 Å². The molecule has 0 saturated carbocycles. The van der Waals surface area contributed by atoms with Gasteiger partial charge in [-0.3, -0.25) is 0 Å². The molecule has 0 nitrogen and oxygen atoms in total. The van der Waals surface area contributed by atoms with Gasteiger partial charge < -0.3 is 0 Å². The highest BCUT2D eigenvalue weighted by molar-refractivity contribution is 6.07. The highest BCUT2D eigenvalue weighted by Gasteiger charge is 2.02. The molecule has 0 aromatic heterocycles. The molecule has 3 aromatic rings. The van der Waals surface area contributed by atoms with Gasteiger partial charge in [0, 0.05) is 0 Å². The zero-order valence-corrected chi connectivity index (χ0v) is 11.7. The second-order valence-corrected chi connectivity index (χ2v) is 5.45. The molecule has 0 fully saturated rings. The molecule has 0 heteroatoms. The Labute approximate surface area is 115 Å². The molecule has 0 radical (unpaired) electrons. The van der Waals surface area contributed by atoms with Crippen molar-refractivity contribution in [2.45, 2.75) is 33.1 Å². The normalized spacial score (nSPS) is 11.3. The summed E-state index contributed by atoms with van der Waals surface area (Å²) in [6.45, 7) is 4.40. The highest BCUT2D eigenvalue weighted by Crippen LogP contribution is 2.27. The average molecular weight is 248 g/mol. The Morgan fingerprint density at radius 3 is 2.21 bits per heavy atom. The largest absolute Gasteiger partial charge is 0.0654 e. The number of hydrogen-bond donors (Lipinski definition) is 0. The third kappa shape index (κ3) is 2.35. The summed E-state index contributed by atoms with van der Waals surface area (Å²) >= 11 is 0. The third-order valence-electron chi connectivity index (χ3n) is 3.87. The zero-order chi connectivity index (χ0) is 13.2. The molecule has 0 heterocycles. The summed E-state index contributed by atoms with van der Waals surface area (Å²) < 4.78 is 0. The van der Waals surface area contributed by atoms with Crippen molar-refractivity contribution in [1.82, 2.24) is 0 Å². The lowest BCUT2D eigenvalue weighted by molar-refractivity contribution is 0.796. The molecule has 0 N–H and O–H groups in total. The topological polar surface area (TPSA) is 0 Å². The van der Waals surface area contributed by atoms with Crippen LogP contribution in [0.3, 0.4) is 0 Å². The quantitative estimate of drug-likeness (QED) is 0.526. The first kappa shape index (κ1) is 12.2. The van der Waals surface area contributed by atoms with Crippen molar-refractivity contribution in [3.63, 3.8) is 0 Å². The van der Waals surface area contributed by atoms with Crippen molar-refractivity contribution in [2.24, 2.45) is 0 Å². The van der Waals surface area contributed by atoms with E-state index in [0.717, 1.165) is 0 Å². The SMILES string of the molecule is CCCCc1ccc2c(ccc3cc(C)ccc32)c1. The molecule has 0 aliphatic rings. The Morgan fingerprint density at radius 2 is 1.47 bits per heavy atom. The molecule has 0 bridgehead atoms. The monoisotopic (exact) mass is 248 g/mol. The zero-order valence-electron chi connectivity index (χ0n) is 11.7. The molecule has 0 saturated heterocycles. The average Bonchev–Trinajstić information content (AvgIpc) is 2.44. The van der Waals surface area contributed by atoms with Gasteiger partial charge >= 0.3 is 0 Å². The van der Waals surface area contributed by atoms with Crippen LogP contribution in [-0.4, -0.2) is 0 Å². The Hall–Kier alpha value is -1.82. The van der Waals surface area contributed by atoms with Crippen molar-refractivity contribution in [2.75, 3.05) is 0 Å². The van der Waals surface area contributed by atoms with Crippen LogP contribution in [0.15, 0.2) is 48.5 Å². The van der Waals surface area contributed by atoms with Crippen LogP contribution in [0, 0.1) is 6.92 Å². The van der Waals surface area contributed by atoms with Gasteiger partial charge in [0.25, 0.3) is 0 Å². The standard InChI is InChI=1S/C19H20/c1-3-4-5-15-7-11-19-17(13-15)9-8-16-12-14(2)6-10-18(16)19/h6-13H,3-5H2,1-2H3. The molecule has 0 amide bonds. The van der Waals surface area contributed by atoms with E-state index in [1.54, 1.807) is 0 Å². The van der Waals surface area contributed by atoms with Gasteiger partial charge in [0.1, 0.15) is 0 Å². The molecule has 3 rings (SSSR count). The number of rotatable bonds is 3. The molecule has 3 aromatic carbocycles. The number of benzene rings is 3. The molecule has 96 valence electrons. The van der Waals surface area contributed by atoms with Gasteiger partial charge in [-0.25, -0.2) is 0 Å². The lowest BCUT2D eigenvalue weighted by Crippen LogP contribution is -1.86. The van der Waals surface area contributed by atoms with Gasteiger partial charge in [0.2, 0.25) is 0 Å². The minimum absolute atomic E-state index is 1.19. The maximum Gasteiger partial charge on any atom is -0.0105 e. The van der Waals surface area contributed by atoms with Gasteiger partial charge in [-0.05, 0) is 46.9 Å². The van der Waals surface area contributed by atoms with Crippen LogP contribution in [0.2, 0.25) is 0 Å². The van der Waals surface area contributed by atoms with Crippen molar-refractivity contribution >= 4 is 21.5 Å². The van der Waals surface area contributed by atoms with E-state index in [9.17, 15) is 0 Å². The molecule has 0 atom stereocenters. The van der Waals surface area contributed by atoms with Crippen LogP contribution in [-0.2, 0) is 6.42 Å². The van der Waals surface area contributed by atoms with E-state index >= 15 is 0 Å². The van der Waals surface area contributed by atoms with Gasteiger partial charge in [-0.2, -0.15) is 0 Å². The molecule has 0 aliphatic carbocycles. The summed E-state index contributed by atoms with van der Waals surface area (Å²) in [6, 6.07) is 18.1. The fraction of sp³-hybridized carbons (Fsp3) is 0.263. The molecule has 0 spiro atoms. The van der Waals surface area contributed by atoms with Crippen molar-refractivity contribution in [3.8, 4) is 0 Å². The Morgan fingerprint density at radius 1 is 0.789 bits per heavy atom. The number of fused-ring (bicyclic) bond motifs is 3. The Bertz CT molecular complexity index is 723. The minimum Gasteiger partial charge on any atom is -0.0654 e.